The van der Waals surface area contributed by atoms with Crippen molar-refractivity contribution in [3.63, 3.8) is 0 Å². The van der Waals surface area contributed by atoms with Crippen LogP contribution in [0.4, 0.5) is 5.69 Å². The second-order valence-electron chi connectivity index (χ2n) is 4.54. The first-order valence-electron chi connectivity index (χ1n) is 6.11. The molecule has 2 atom stereocenters. The van der Waals surface area contributed by atoms with Gasteiger partial charge in [-0.2, -0.15) is 10.5 Å². The van der Waals surface area contributed by atoms with Crippen LogP contribution in [0.3, 0.4) is 0 Å². The summed E-state index contributed by atoms with van der Waals surface area (Å²) in [4.78, 5) is 14.0. The summed E-state index contributed by atoms with van der Waals surface area (Å²) >= 11 is 0. The Morgan fingerprint density at radius 2 is 2.26 bits per heavy atom. The number of hydrogen-bond acceptors (Lipinski definition) is 4. The molecule has 1 aromatic carbocycles. The van der Waals surface area contributed by atoms with E-state index in [0.717, 1.165) is 0 Å². The number of nitriles is 2. The van der Waals surface area contributed by atoms with E-state index in [2.05, 4.69) is 11.4 Å². The van der Waals surface area contributed by atoms with Crippen LogP contribution in [-0.2, 0) is 4.79 Å². The number of nitrogens with zero attached hydrogens (tertiary/aromatic N) is 3. The summed E-state index contributed by atoms with van der Waals surface area (Å²) in [5.41, 5.74) is 1.23. The molecule has 1 aliphatic rings. The summed E-state index contributed by atoms with van der Waals surface area (Å²) in [6.45, 7) is 2.57. The van der Waals surface area contributed by atoms with Gasteiger partial charge in [-0.05, 0) is 25.1 Å². The number of anilines is 1. The molecule has 0 bridgehead atoms. The Bertz CT molecular complexity index is 570. The van der Waals surface area contributed by atoms with E-state index in [1.54, 1.807) is 23.1 Å². The van der Waals surface area contributed by atoms with Gasteiger partial charge in [-0.15, -0.1) is 0 Å². The lowest BCUT2D eigenvalue weighted by Gasteiger charge is -2.37. The Kier molecular flexibility index (Phi) is 3.79. The van der Waals surface area contributed by atoms with Gasteiger partial charge >= 0.3 is 0 Å². The molecule has 0 spiro atoms. The number of hydrogen-bond donors (Lipinski definition) is 1. The van der Waals surface area contributed by atoms with Crippen LogP contribution in [0.1, 0.15) is 18.9 Å². The molecule has 2 rings (SSSR count). The molecule has 1 aliphatic heterocycles. The van der Waals surface area contributed by atoms with Crippen molar-refractivity contribution in [1.82, 2.24) is 5.32 Å². The van der Waals surface area contributed by atoms with E-state index >= 15 is 0 Å². The number of piperazine rings is 1. The third kappa shape index (κ3) is 2.57. The van der Waals surface area contributed by atoms with Gasteiger partial charge in [0.25, 0.3) is 0 Å². The van der Waals surface area contributed by atoms with Crippen molar-refractivity contribution in [2.75, 3.05) is 11.4 Å². The highest BCUT2D eigenvalue weighted by molar-refractivity contribution is 5.98. The molecule has 1 heterocycles. The first-order valence-corrected chi connectivity index (χ1v) is 6.11. The summed E-state index contributed by atoms with van der Waals surface area (Å²) in [5.74, 6) is -0.115. The van der Waals surface area contributed by atoms with Crippen LogP contribution >= 0.6 is 0 Å². The van der Waals surface area contributed by atoms with E-state index in [1.165, 1.54) is 0 Å². The van der Waals surface area contributed by atoms with Crippen molar-refractivity contribution in [3.05, 3.63) is 29.8 Å². The Hall–Kier alpha value is -2.37. The Balaban J connectivity index is 2.32. The maximum Gasteiger partial charge on any atom is 0.245 e. The van der Waals surface area contributed by atoms with E-state index in [-0.39, 0.29) is 18.4 Å². The molecule has 1 fully saturated rings. The lowest BCUT2D eigenvalue weighted by atomic mass is 10.0. The molecule has 2 unspecified atom stereocenters. The largest absolute Gasteiger partial charge is 0.307 e. The van der Waals surface area contributed by atoms with Gasteiger partial charge in [0.05, 0.1) is 24.1 Å². The van der Waals surface area contributed by atoms with Crippen molar-refractivity contribution in [3.8, 4) is 12.1 Å². The Morgan fingerprint density at radius 3 is 2.95 bits per heavy atom. The summed E-state index contributed by atoms with van der Waals surface area (Å²) in [5, 5.41) is 20.7. The van der Waals surface area contributed by atoms with E-state index in [4.69, 9.17) is 10.5 Å². The molecule has 0 saturated carbocycles. The van der Waals surface area contributed by atoms with E-state index in [0.29, 0.717) is 17.8 Å². The number of nitrogens with one attached hydrogen (secondary N) is 1. The molecule has 1 saturated heterocycles. The third-order valence-electron chi connectivity index (χ3n) is 3.18. The molecule has 1 N–H and O–H groups in total. The van der Waals surface area contributed by atoms with Gasteiger partial charge < -0.3 is 10.2 Å². The molecular weight excluding hydrogens is 240 g/mol. The molecule has 1 aromatic rings. The van der Waals surface area contributed by atoms with Crippen molar-refractivity contribution in [2.24, 2.45) is 0 Å². The number of carbonyl (C=O) groups is 1. The standard InChI is InChI=1S/C14H14N4O/c1-10-9-17-13(5-6-15)14(19)18(10)12-4-2-3-11(7-12)8-16/h2-4,7,10,13,17H,5,9H2,1H3. The van der Waals surface area contributed by atoms with Crippen LogP contribution in [0.15, 0.2) is 24.3 Å². The SMILES string of the molecule is CC1CNC(CC#N)C(=O)N1c1cccc(C#N)c1. The summed E-state index contributed by atoms with van der Waals surface area (Å²) in [7, 11) is 0. The maximum atomic E-state index is 12.4. The summed E-state index contributed by atoms with van der Waals surface area (Å²) in [6.07, 6.45) is 0.153. The summed E-state index contributed by atoms with van der Waals surface area (Å²) in [6, 6.07) is 10.6. The smallest absolute Gasteiger partial charge is 0.245 e. The highest BCUT2D eigenvalue weighted by Gasteiger charge is 2.33. The predicted octanol–water partition coefficient (Wildman–Crippen LogP) is 1.17. The number of benzene rings is 1. The predicted molar refractivity (Wildman–Crippen MR) is 70.1 cm³/mol. The lowest BCUT2D eigenvalue weighted by molar-refractivity contribution is -0.122. The van der Waals surface area contributed by atoms with Crippen LogP contribution in [0, 0.1) is 22.7 Å². The van der Waals surface area contributed by atoms with Gasteiger partial charge in [0.1, 0.15) is 6.04 Å². The van der Waals surface area contributed by atoms with Crippen LogP contribution in [0.25, 0.3) is 0 Å². The number of carbonyl (C=O) groups excluding carboxylic acids is 1. The first-order chi connectivity index (χ1) is 9.17. The zero-order valence-corrected chi connectivity index (χ0v) is 10.6. The second-order valence-corrected chi connectivity index (χ2v) is 4.54. The quantitative estimate of drug-likeness (QED) is 0.859. The van der Waals surface area contributed by atoms with Crippen molar-refractivity contribution < 1.29 is 4.79 Å². The van der Waals surface area contributed by atoms with E-state index in [1.807, 2.05) is 19.1 Å². The Labute approximate surface area is 112 Å². The van der Waals surface area contributed by atoms with Crippen LogP contribution in [-0.4, -0.2) is 24.5 Å². The fraction of sp³-hybridized carbons (Fsp3) is 0.357. The van der Waals surface area contributed by atoms with Crippen molar-refractivity contribution in [1.29, 1.82) is 10.5 Å². The fourth-order valence-corrected chi connectivity index (χ4v) is 2.23. The molecule has 5 nitrogen and oxygen atoms in total. The highest BCUT2D eigenvalue weighted by Crippen LogP contribution is 2.22. The van der Waals surface area contributed by atoms with Crippen LogP contribution in [0.5, 0.6) is 0 Å². The molecule has 0 aromatic heterocycles. The third-order valence-corrected chi connectivity index (χ3v) is 3.18. The average molecular weight is 254 g/mol. The Morgan fingerprint density at radius 1 is 1.47 bits per heavy atom. The molecule has 96 valence electrons. The minimum absolute atomic E-state index is 0.00335. The maximum absolute atomic E-state index is 12.4. The van der Waals surface area contributed by atoms with Gasteiger partial charge in [0.15, 0.2) is 0 Å². The van der Waals surface area contributed by atoms with Gasteiger partial charge in [0, 0.05) is 18.3 Å². The fourth-order valence-electron chi connectivity index (χ4n) is 2.23. The molecule has 1 amide bonds. The van der Waals surface area contributed by atoms with Crippen LogP contribution in [0.2, 0.25) is 0 Å². The van der Waals surface area contributed by atoms with Crippen molar-refractivity contribution >= 4 is 11.6 Å². The molecule has 0 radical (unpaired) electrons. The minimum Gasteiger partial charge on any atom is -0.307 e. The summed E-state index contributed by atoms with van der Waals surface area (Å²) < 4.78 is 0. The van der Waals surface area contributed by atoms with Crippen LogP contribution < -0.4 is 10.2 Å². The normalized spacial score (nSPS) is 22.7. The molecule has 0 aliphatic carbocycles. The molecular formula is C14H14N4O. The van der Waals surface area contributed by atoms with Crippen molar-refractivity contribution in [2.45, 2.75) is 25.4 Å². The zero-order chi connectivity index (χ0) is 13.8. The van der Waals surface area contributed by atoms with Gasteiger partial charge in [-0.1, -0.05) is 6.07 Å². The van der Waals surface area contributed by atoms with Gasteiger partial charge in [-0.3, -0.25) is 4.79 Å². The van der Waals surface area contributed by atoms with Gasteiger partial charge in [0.2, 0.25) is 5.91 Å². The number of rotatable bonds is 2. The first kappa shape index (κ1) is 13.1. The molecule has 19 heavy (non-hydrogen) atoms. The van der Waals surface area contributed by atoms with E-state index < -0.39 is 6.04 Å². The highest BCUT2D eigenvalue weighted by atomic mass is 16.2. The zero-order valence-electron chi connectivity index (χ0n) is 10.6. The second kappa shape index (κ2) is 5.51. The minimum atomic E-state index is -0.466. The number of amides is 1. The van der Waals surface area contributed by atoms with Gasteiger partial charge in [-0.25, -0.2) is 0 Å². The molecule has 5 heteroatoms. The topological polar surface area (TPSA) is 79.9 Å². The monoisotopic (exact) mass is 254 g/mol. The van der Waals surface area contributed by atoms with E-state index in [9.17, 15) is 4.79 Å². The lowest BCUT2D eigenvalue weighted by Crippen LogP contribution is -2.59. The average Bonchev–Trinajstić information content (AvgIpc) is 2.42.